The van der Waals surface area contributed by atoms with Crippen molar-refractivity contribution in [2.24, 2.45) is 5.73 Å². The highest BCUT2D eigenvalue weighted by atomic mass is 32.1. The van der Waals surface area contributed by atoms with Gasteiger partial charge in [-0.05, 0) is 39.4 Å². The first-order valence-corrected chi connectivity index (χ1v) is 8.24. The molecule has 0 aromatic carbocycles. The Labute approximate surface area is 124 Å². The third kappa shape index (κ3) is 4.54. The second-order valence-electron chi connectivity index (χ2n) is 5.40. The largest absolute Gasteiger partial charge is 0.347 e. The third-order valence-electron chi connectivity index (χ3n) is 3.50. The number of nitrogens with zero attached hydrogens (tertiary/aromatic N) is 2. The number of amides is 1. The summed E-state index contributed by atoms with van der Waals surface area (Å²) in [5.41, 5.74) is 6.01. The summed E-state index contributed by atoms with van der Waals surface area (Å²) in [7, 11) is 0. The first-order chi connectivity index (χ1) is 9.69. The van der Waals surface area contributed by atoms with Gasteiger partial charge in [0.15, 0.2) is 0 Å². The number of rotatable bonds is 6. The van der Waals surface area contributed by atoms with Crippen molar-refractivity contribution < 1.29 is 4.79 Å². The van der Waals surface area contributed by atoms with Crippen LogP contribution in [0.2, 0.25) is 0 Å². The van der Waals surface area contributed by atoms with E-state index in [1.54, 1.807) is 0 Å². The molecule has 1 unspecified atom stereocenters. The molecule has 0 spiro atoms. The quantitative estimate of drug-likeness (QED) is 0.829. The molecule has 2 rings (SSSR count). The Hall–Kier alpha value is -0.980. The summed E-state index contributed by atoms with van der Waals surface area (Å²) in [5.74, 6) is -0.0750. The van der Waals surface area contributed by atoms with Crippen LogP contribution in [0.4, 0.5) is 0 Å². The van der Waals surface area contributed by atoms with E-state index in [0.717, 1.165) is 31.1 Å². The van der Waals surface area contributed by atoms with Crippen LogP contribution in [0.15, 0.2) is 5.38 Å². The maximum absolute atomic E-state index is 12.1. The van der Waals surface area contributed by atoms with Gasteiger partial charge in [0.2, 0.25) is 0 Å². The lowest BCUT2D eigenvalue weighted by molar-refractivity contribution is 0.0921. The van der Waals surface area contributed by atoms with Crippen molar-refractivity contribution >= 4 is 17.2 Å². The van der Waals surface area contributed by atoms with Crippen LogP contribution in [-0.2, 0) is 6.42 Å². The van der Waals surface area contributed by atoms with E-state index in [1.165, 1.54) is 30.6 Å². The normalized spacial score (nSPS) is 17.9. The molecule has 1 fully saturated rings. The van der Waals surface area contributed by atoms with E-state index in [4.69, 9.17) is 5.73 Å². The van der Waals surface area contributed by atoms with Crippen molar-refractivity contribution in [3.63, 3.8) is 0 Å². The number of aromatic nitrogens is 1. The molecule has 0 saturated carbocycles. The Morgan fingerprint density at radius 2 is 2.25 bits per heavy atom. The minimum atomic E-state index is -0.0750. The average Bonchev–Trinajstić information content (AvgIpc) is 2.89. The van der Waals surface area contributed by atoms with Gasteiger partial charge in [-0.2, -0.15) is 0 Å². The van der Waals surface area contributed by atoms with Crippen LogP contribution in [0, 0.1) is 0 Å². The molecule has 1 aliphatic heterocycles. The van der Waals surface area contributed by atoms with E-state index < -0.39 is 0 Å². The van der Waals surface area contributed by atoms with E-state index in [2.05, 4.69) is 22.1 Å². The van der Waals surface area contributed by atoms with Crippen LogP contribution < -0.4 is 11.1 Å². The number of thiazole rings is 1. The molecule has 5 nitrogen and oxygen atoms in total. The minimum Gasteiger partial charge on any atom is -0.347 e. The fourth-order valence-electron chi connectivity index (χ4n) is 2.53. The maximum atomic E-state index is 12.1. The fourth-order valence-corrected chi connectivity index (χ4v) is 3.32. The van der Waals surface area contributed by atoms with Crippen molar-refractivity contribution in [2.45, 2.75) is 38.6 Å². The van der Waals surface area contributed by atoms with Crippen molar-refractivity contribution in [3.8, 4) is 0 Å². The SMILES string of the molecule is CC(CN1CCCCC1)NC(=O)c1csc(CCN)n1. The average molecular weight is 296 g/mol. The topological polar surface area (TPSA) is 71.2 Å². The first-order valence-electron chi connectivity index (χ1n) is 7.36. The van der Waals surface area contributed by atoms with Crippen LogP contribution in [0.1, 0.15) is 41.7 Å². The number of hydrogen-bond acceptors (Lipinski definition) is 5. The van der Waals surface area contributed by atoms with Crippen molar-refractivity contribution in [1.82, 2.24) is 15.2 Å². The number of nitrogens with one attached hydrogen (secondary N) is 1. The molecular weight excluding hydrogens is 272 g/mol. The van der Waals surface area contributed by atoms with Crippen LogP contribution in [0.3, 0.4) is 0 Å². The zero-order chi connectivity index (χ0) is 14.4. The summed E-state index contributed by atoms with van der Waals surface area (Å²) < 4.78 is 0. The number of nitrogens with two attached hydrogens (primary N) is 1. The number of hydrogen-bond donors (Lipinski definition) is 2. The van der Waals surface area contributed by atoms with Gasteiger partial charge < -0.3 is 16.0 Å². The van der Waals surface area contributed by atoms with Crippen LogP contribution in [0.5, 0.6) is 0 Å². The van der Waals surface area contributed by atoms with Gasteiger partial charge in [0.05, 0.1) is 5.01 Å². The summed E-state index contributed by atoms with van der Waals surface area (Å²) >= 11 is 1.50. The fraction of sp³-hybridized carbons (Fsp3) is 0.714. The molecule has 0 bridgehead atoms. The lowest BCUT2D eigenvalue weighted by Gasteiger charge is -2.29. The van der Waals surface area contributed by atoms with Gasteiger partial charge in [0.25, 0.3) is 5.91 Å². The molecule has 1 aromatic rings. The van der Waals surface area contributed by atoms with Crippen LogP contribution >= 0.6 is 11.3 Å². The number of likely N-dealkylation sites (tertiary alicyclic amines) is 1. The molecule has 1 saturated heterocycles. The zero-order valence-electron chi connectivity index (χ0n) is 12.1. The number of carbonyl (C=O) groups is 1. The standard InChI is InChI=1S/C14H24N4OS/c1-11(9-18-7-3-2-4-8-18)16-14(19)12-10-20-13(17-12)5-6-15/h10-11H,2-9,15H2,1H3,(H,16,19). The van der Waals surface area contributed by atoms with Crippen LogP contribution in [0.25, 0.3) is 0 Å². The molecule has 20 heavy (non-hydrogen) atoms. The lowest BCUT2D eigenvalue weighted by Crippen LogP contribution is -2.43. The molecule has 0 radical (unpaired) electrons. The first kappa shape index (κ1) is 15.4. The van der Waals surface area contributed by atoms with Gasteiger partial charge in [-0.3, -0.25) is 4.79 Å². The Bertz CT molecular complexity index is 429. The smallest absolute Gasteiger partial charge is 0.271 e. The highest BCUT2D eigenvalue weighted by molar-refractivity contribution is 7.09. The van der Waals surface area contributed by atoms with E-state index in [-0.39, 0.29) is 11.9 Å². The van der Waals surface area contributed by atoms with Crippen molar-refractivity contribution in [1.29, 1.82) is 0 Å². The van der Waals surface area contributed by atoms with Crippen molar-refractivity contribution in [3.05, 3.63) is 16.1 Å². The zero-order valence-corrected chi connectivity index (χ0v) is 12.9. The van der Waals surface area contributed by atoms with Gasteiger partial charge in [0.1, 0.15) is 5.69 Å². The Balaban J connectivity index is 1.80. The predicted octanol–water partition coefficient (Wildman–Crippen LogP) is 1.25. The summed E-state index contributed by atoms with van der Waals surface area (Å²) in [6.07, 6.45) is 4.62. The van der Waals surface area contributed by atoms with Gasteiger partial charge in [-0.25, -0.2) is 4.98 Å². The Kier molecular flexibility index (Phi) is 5.94. The highest BCUT2D eigenvalue weighted by Crippen LogP contribution is 2.11. The molecule has 3 N–H and O–H groups in total. The lowest BCUT2D eigenvalue weighted by atomic mass is 10.1. The molecule has 0 aliphatic carbocycles. The Morgan fingerprint density at radius 1 is 1.50 bits per heavy atom. The molecule has 6 heteroatoms. The van der Waals surface area contributed by atoms with Gasteiger partial charge in [0, 0.05) is 24.4 Å². The third-order valence-corrected chi connectivity index (χ3v) is 4.41. The van der Waals surface area contributed by atoms with E-state index in [9.17, 15) is 4.79 Å². The molecule has 1 atom stereocenters. The minimum absolute atomic E-state index is 0.0750. The van der Waals surface area contributed by atoms with E-state index >= 15 is 0 Å². The molecule has 1 amide bonds. The molecule has 1 aliphatic rings. The summed E-state index contributed by atoms with van der Waals surface area (Å²) in [6.45, 7) is 5.85. The molecule has 1 aromatic heterocycles. The second kappa shape index (κ2) is 7.71. The Morgan fingerprint density at radius 3 is 2.95 bits per heavy atom. The van der Waals surface area contributed by atoms with E-state index in [0.29, 0.717) is 12.2 Å². The summed E-state index contributed by atoms with van der Waals surface area (Å²) in [5, 5.41) is 5.78. The monoisotopic (exact) mass is 296 g/mol. The van der Waals surface area contributed by atoms with Crippen LogP contribution in [-0.4, -0.2) is 48.0 Å². The van der Waals surface area contributed by atoms with Gasteiger partial charge >= 0.3 is 0 Å². The molecule has 112 valence electrons. The number of piperidine rings is 1. The molecular formula is C14H24N4OS. The summed E-state index contributed by atoms with van der Waals surface area (Å²) in [4.78, 5) is 18.8. The maximum Gasteiger partial charge on any atom is 0.271 e. The van der Waals surface area contributed by atoms with E-state index in [1.807, 2.05) is 5.38 Å². The predicted molar refractivity (Wildman–Crippen MR) is 82.1 cm³/mol. The van der Waals surface area contributed by atoms with Gasteiger partial charge in [-0.1, -0.05) is 6.42 Å². The highest BCUT2D eigenvalue weighted by Gasteiger charge is 2.17. The van der Waals surface area contributed by atoms with Crippen molar-refractivity contribution in [2.75, 3.05) is 26.2 Å². The second-order valence-corrected chi connectivity index (χ2v) is 6.34. The summed E-state index contributed by atoms with van der Waals surface area (Å²) in [6, 6.07) is 0.153. The molecule has 2 heterocycles. The number of carbonyl (C=O) groups excluding carboxylic acids is 1. The van der Waals surface area contributed by atoms with Gasteiger partial charge in [-0.15, -0.1) is 11.3 Å².